The van der Waals surface area contributed by atoms with Gasteiger partial charge in [0.05, 0.1) is 25.7 Å². The summed E-state index contributed by atoms with van der Waals surface area (Å²) in [6, 6.07) is 6.39. The van der Waals surface area contributed by atoms with Crippen molar-refractivity contribution in [1.82, 2.24) is 10.6 Å². The van der Waals surface area contributed by atoms with Crippen molar-refractivity contribution < 1.29 is 33.4 Å². The third kappa shape index (κ3) is 9.22. The summed E-state index contributed by atoms with van der Waals surface area (Å²) in [5.41, 5.74) is 0.855. The average molecular weight is 495 g/mol. The Bertz CT molecular complexity index is 916. The topological polar surface area (TPSA) is 120 Å². The minimum atomic E-state index is -0.893. The molecule has 0 bridgehead atoms. The third-order valence-corrected chi connectivity index (χ3v) is 5.74. The molecule has 1 fully saturated rings. The van der Waals surface area contributed by atoms with Crippen molar-refractivity contribution in [1.29, 1.82) is 0 Å². The van der Waals surface area contributed by atoms with Gasteiger partial charge < -0.3 is 24.8 Å². The number of carbonyl (C=O) groups is 4. The summed E-state index contributed by atoms with van der Waals surface area (Å²) in [6.45, 7) is 0.420. The van der Waals surface area contributed by atoms with Crippen molar-refractivity contribution in [2.45, 2.75) is 38.1 Å². The van der Waals surface area contributed by atoms with E-state index in [1.54, 1.807) is 18.2 Å². The van der Waals surface area contributed by atoms with E-state index in [1.165, 1.54) is 26.0 Å². The number of thiocarbonyl (C=S) groups is 1. The first-order valence-corrected chi connectivity index (χ1v) is 11.5. The fourth-order valence-electron chi connectivity index (χ4n) is 2.83. The Hall–Kier alpha value is -2.92. The predicted molar refractivity (Wildman–Crippen MR) is 127 cm³/mol. The minimum absolute atomic E-state index is 0.000252. The molecule has 1 aliphatic rings. The first-order chi connectivity index (χ1) is 15.8. The molecule has 0 saturated carbocycles. The van der Waals surface area contributed by atoms with E-state index in [-0.39, 0.29) is 31.1 Å². The zero-order valence-electron chi connectivity index (χ0n) is 18.4. The number of methoxy groups -OCH3 is 2. The van der Waals surface area contributed by atoms with Gasteiger partial charge in [0.2, 0.25) is 5.91 Å². The molecule has 9 nitrogen and oxygen atoms in total. The molecule has 33 heavy (non-hydrogen) atoms. The van der Waals surface area contributed by atoms with E-state index in [0.29, 0.717) is 34.4 Å². The van der Waals surface area contributed by atoms with Gasteiger partial charge in [-0.05, 0) is 43.0 Å². The average Bonchev–Trinajstić information content (AvgIpc) is 3.12. The third-order valence-electron chi connectivity index (χ3n) is 4.57. The Morgan fingerprint density at radius 2 is 1.85 bits per heavy atom. The molecule has 2 N–H and O–H groups in total. The number of benzene rings is 1. The van der Waals surface area contributed by atoms with Crippen LogP contribution in [0.25, 0.3) is 6.08 Å². The summed E-state index contributed by atoms with van der Waals surface area (Å²) in [5, 5.41) is 5.16. The van der Waals surface area contributed by atoms with Crippen molar-refractivity contribution in [2.24, 2.45) is 0 Å². The van der Waals surface area contributed by atoms with Crippen molar-refractivity contribution in [3.05, 3.63) is 34.7 Å². The van der Waals surface area contributed by atoms with Crippen LogP contribution in [0.4, 0.5) is 0 Å². The standard InChI is InChI=1S/C22H26N2O7S2/c1-29-19(26)11-10-16(21(28)30-2)23-18(25)5-3-4-12-31-15-8-6-14(7-9-15)13-17-20(27)24-22(32)33-17/h6-9,13,16H,3-5,10-12H2,1-2H3,(H,23,25)(H,24,27,32)/b17-13-/t16-/m1/s1. The first kappa shape index (κ1) is 26.3. The number of nitrogens with one attached hydrogen (secondary N) is 2. The maximum atomic E-state index is 12.1. The van der Waals surface area contributed by atoms with Gasteiger partial charge in [-0.3, -0.25) is 14.4 Å². The fraction of sp³-hybridized carbons (Fsp3) is 0.409. The number of unbranched alkanes of at least 4 members (excludes halogenated alkanes) is 1. The molecule has 1 atom stereocenters. The van der Waals surface area contributed by atoms with Crippen LogP contribution >= 0.6 is 24.0 Å². The van der Waals surface area contributed by atoms with Crippen LogP contribution in [0.3, 0.4) is 0 Å². The van der Waals surface area contributed by atoms with E-state index in [0.717, 1.165) is 5.56 Å². The lowest BCUT2D eigenvalue weighted by molar-refractivity contribution is -0.146. The largest absolute Gasteiger partial charge is 0.494 e. The zero-order chi connectivity index (χ0) is 24.2. The number of esters is 2. The molecular weight excluding hydrogens is 468 g/mol. The molecule has 1 aliphatic heterocycles. The van der Waals surface area contributed by atoms with Crippen molar-refractivity contribution in [3.63, 3.8) is 0 Å². The second-order valence-corrected chi connectivity index (χ2v) is 8.70. The van der Waals surface area contributed by atoms with E-state index in [1.807, 2.05) is 12.1 Å². The SMILES string of the molecule is COC(=O)CC[C@@H](NC(=O)CCCCOc1ccc(/C=C2\SC(=S)NC2=O)cc1)C(=O)OC. The van der Waals surface area contributed by atoms with Crippen LogP contribution in [0.2, 0.25) is 0 Å². The van der Waals surface area contributed by atoms with E-state index in [2.05, 4.69) is 20.1 Å². The summed E-state index contributed by atoms with van der Waals surface area (Å²) in [4.78, 5) is 47.4. The first-order valence-electron chi connectivity index (χ1n) is 10.2. The molecule has 0 unspecified atom stereocenters. The molecule has 0 aliphatic carbocycles. The van der Waals surface area contributed by atoms with Crippen LogP contribution in [0, 0.1) is 0 Å². The van der Waals surface area contributed by atoms with Crippen LogP contribution in [0.1, 0.15) is 37.7 Å². The second kappa shape index (κ2) is 13.6. The molecule has 0 aromatic heterocycles. The van der Waals surface area contributed by atoms with Crippen molar-refractivity contribution in [2.75, 3.05) is 20.8 Å². The monoisotopic (exact) mass is 494 g/mol. The number of rotatable bonds is 12. The summed E-state index contributed by atoms with van der Waals surface area (Å²) in [7, 11) is 2.48. The Labute approximate surface area is 201 Å². The van der Waals surface area contributed by atoms with Gasteiger partial charge in [0.1, 0.15) is 16.1 Å². The lowest BCUT2D eigenvalue weighted by atomic mass is 10.1. The maximum Gasteiger partial charge on any atom is 0.328 e. The zero-order valence-corrected chi connectivity index (χ0v) is 20.0. The molecular formula is C22H26N2O7S2. The summed E-state index contributed by atoms with van der Waals surface area (Å²) < 4.78 is 15.3. The van der Waals surface area contributed by atoms with Crippen LogP contribution in [-0.4, -0.2) is 54.9 Å². The number of thioether (sulfide) groups is 1. The highest BCUT2D eigenvalue weighted by Crippen LogP contribution is 2.26. The Morgan fingerprint density at radius 3 is 2.45 bits per heavy atom. The number of ether oxygens (including phenoxy) is 3. The minimum Gasteiger partial charge on any atom is -0.494 e. The highest BCUT2D eigenvalue weighted by molar-refractivity contribution is 8.26. The molecule has 1 saturated heterocycles. The van der Waals surface area contributed by atoms with Crippen LogP contribution < -0.4 is 15.4 Å². The van der Waals surface area contributed by atoms with E-state index in [4.69, 9.17) is 17.0 Å². The molecule has 1 heterocycles. The molecule has 1 aromatic rings. The number of carbonyl (C=O) groups excluding carboxylic acids is 4. The Balaban J connectivity index is 1.69. The number of amides is 2. The molecule has 0 spiro atoms. The second-order valence-electron chi connectivity index (χ2n) is 6.98. The highest BCUT2D eigenvalue weighted by Gasteiger charge is 2.23. The van der Waals surface area contributed by atoms with Gasteiger partial charge in [-0.15, -0.1) is 0 Å². The van der Waals surface area contributed by atoms with Gasteiger partial charge in [0, 0.05) is 12.8 Å². The Kier molecular flexibility index (Phi) is 10.8. The number of hydrogen-bond acceptors (Lipinski definition) is 9. The predicted octanol–water partition coefficient (Wildman–Crippen LogP) is 2.34. The maximum absolute atomic E-state index is 12.1. The normalized spacial score (nSPS) is 15.0. The molecule has 2 amide bonds. The number of hydrogen-bond donors (Lipinski definition) is 2. The smallest absolute Gasteiger partial charge is 0.328 e. The fourth-order valence-corrected chi connectivity index (χ4v) is 3.88. The van der Waals surface area contributed by atoms with E-state index < -0.39 is 18.0 Å². The van der Waals surface area contributed by atoms with Crippen molar-refractivity contribution >= 4 is 58.1 Å². The van der Waals surface area contributed by atoms with Gasteiger partial charge in [0.15, 0.2) is 0 Å². The summed E-state index contributed by atoms with van der Waals surface area (Å²) in [6.07, 6.45) is 3.28. The van der Waals surface area contributed by atoms with Gasteiger partial charge >= 0.3 is 11.9 Å². The van der Waals surface area contributed by atoms with Gasteiger partial charge in [-0.2, -0.15) is 0 Å². The van der Waals surface area contributed by atoms with Crippen molar-refractivity contribution in [3.8, 4) is 5.75 Å². The molecule has 11 heteroatoms. The van der Waals surface area contributed by atoms with Gasteiger partial charge in [-0.1, -0.05) is 36.1 Å². The molecule has 1 aromatic carbocycles. The van der Waals surface area contributed by atoms with Crippen LogP contribution in [0.15, 0.2) is 29.2 Å². The highest BCUT2D eigenvalue weighted by atomic mass is 32.2. The van der Waals surface area contributed by atoms with Crippen LogP contribution in [0.5, 0.6) is 5.75 Å². The summed E-state index contributed by atoms with van der Waals surface area (Å²) in [5.74, 6) is -0.901. The van der Waals surface area contributed by atoms with E-state index >= 15 is 0 Å². The van der Waals surface area contributed by atoms with Crippen LogP contribution in [-0.2, 0) is 28.7 Å². The lowest BCUT2D eigenvalue weighted by Gasteiger charge is -2.16. The molecule has 0 radical (unpaired) electrons. The molecule has 2 rings (SSSR count). The van der Waals surface area contributed by atoms with Gasteiger partial charge in [0.25, 0.3) is 5.91 Å². The quantitative estimate of drug-likeness (QED) is 0.195. The lowest BCUT2D eigenvalue weighted by Crippen LogP contribution is -2.41. The van der Waals surface area contributed by atoms with Gasteiger partial charge in [-0.25, -0.2) is 4.79 Å². The Morgan fingerprint density at radius 1 is 1.12 bits per heavy atom. The van der Waals surface area contributed by atoms with E-state index in [9.17, 15) is 19.2 Å². The summed E-state index contributed by atoms with van der Waals surface area (Å²) >= 11 is 6.19. The molecule has 178 valence electrons.